The molecule has 1 amide bonds. The number of terminal acetylenes is 2. The Morgan fingerprint density at radius 1 is 1.15 bits per heavy atom. The standard InChI is InChI=1S/C12H14N2O5S/c1-4-6-18-9-13-11(3)8-12(15)14(20(13,16)17)10-19-7-5-2/h1-2,8H,6-7,9-10H2,3H3. The Morgan fingerprint density at radius 2 is 1.65 bits per heavy atom. The van der Waals surface area contributed by atoms with Gasteiger partial charge in [-0.1, -0.05) is 11.8 Å². The molecule has 0 atom stereocenters. The lowest BCUT2D eigenvalue weighted by Gasteiger charge is -2.33. The largest absolute Gasteiger partial charge is 0.347 e. The number of ether oxygens (including phenoxy) is 2. The number of nitrogens with zero attached hydrogens (tertiary/aromatic N) is 2. The first-order valence-corrected chi connectivity index (χ1v) is 6.90. The summed E-state index contributed by atoms with van der Waals surface area (Å²) in [5.74, 6) is 3.70. The summed E-state index contributed by atoms with van der Waals surface area (Å²) in [5, 5.41) is 0. The number of hydrogen-bond acceptors (Lipinski definition) is 5. The van der Waals surface area contributed by atoms with E-state index in [1.54, 1.807) is 0 Å². The van der Waals surface area contributed by atoms with Gasteiger partial charge in [0.1, 0.15) is 26.7 Å². The Morgan fingerprint density at radius 3 is 2.15 bits per heavy atom. The molecule has 0 aromatic rings. The number of allylic oxidation sites excluding steroid dienone is 1. The van der Waals surface area contributed by atoms with Gasteiger partial charge in [-0.05, 0) is 6.92 Å². The van der Waals surface area contributed by atoms with Crippen LogP contribution in [0.1, 0.15) is 6.92 Å². The lowest BCUT2D eigenvalue weighted by molar-refractivity contribution is -0.125. The summed E-state index contributed by atoms with van der Waals surface area (Å²) in [6.45, 7) is 0.597. The van der Waals surface area contributed by atoms with E-state index in [1.807, 2.05) is 0 Å². The molecule has 0 aromatic heterocycles. The maximum atomic E-state index is 12.2. The van der Waals surface area contributed by atoms with Crippen LogP contribution in [-0.2, 0) is 24.5 Å². The molecule has 0 aliphatic carbocycles. The van der Waals surface area contributed by atoms with Gasteiger partial charge in [-0.15, -0.1) is 12.8 Å². The van der Waals surface area contributed by atoms with E-state index in [2.05, 4.69) is 11.8 Å². The molecule has 1 aliphatic rings. The number of carbonyl (C=O) groups is 1. The van der Waals surface area contributed by atoms with Gasteiger partial charge >= 0.3 is 10.2 Å². The van der Waals surface area contributed by atoms with Gasteiger partial charge in [0.25, 0.3) is 5.91 Å². The highest BCUT2D eigenvalue weighted by molar-refractivity contribution is 7.87. The summed E-state index contributed by atoms with van der Waals surface area (Å²) >= 11 is 0. The Labute approximate surface area is 118 Å². The SMILES string of the molecule is C#CCOCN1C(=O)C=C(C)N(COCC#C)S1(=O)=O. The van der Waals surface area contributed by atoms with Crippen molar-refractivity contribution in [2.24, 2.45) is 0 Å². The Kier molecular flexibility index (Phi) is 5.59. The van der Waals surface area contributed by atoms with Crippen LogP contribution in [0.2, 0.25) is 0 Å². The normalized spacial score (nSPS) is 17.4. The first-order valence-electron chi connectivity index (χ1n) is 5.50. The highest BCUT2D eigenvalue weighted by Gasteiger charge is 2.37. The quantitative estimate of drug-likeness (QED) is 0.488. The maximum absolute atomic E-state index is 12.2. The van der Waals surface area contributed by atoms with E-state index in [0.29, 0.717) is 4.31 Å². The van der Waals surface area contributed by atoms with Crippen LogP contribution in [0.15, 0.2) is 11.8 Å². The number of amides is 1. The van der Waals surface area contributed by atoms with Gasteiger partial charge < -0.3 is 9.47 Å². The van der Waals surface area contributed by atoms with Crippen LogP contribution in [0.4, 0.5) is 0 Å². The summed E-state index contributed by atoms with van der Waals surface area (Å²) in [6, 6.07) is 0. The van der Waals surface area contributed by atoms with Crippen molar-refractivity contribution in [2.45, 2.75) is 6.92 Å². The monoisotopic (exact) mass is 298 g/mol. The van der Waals surface area contributed by atoms with Crippen LogP contribution < -0.4 is 0 Å². The Bertz CT molecular complexity index is 582. The van der Waals surface area contributed by atoms with Crippen molar-refractivity contribution in [3.63, 3.8) is 0 Å². The molecule has 0 bridgehead atoms. The lowest BCUT2D eigenvalue weighted by atomic mass is 10.4. The van der Waals surface area contributed by atoms with E-state index < -0.39 is 22.8 Å². The third-order valence-corrected chi connectivity index (χ3v) is 4.11. The molecular weight excluding hydrogens is 284 g/mol. The lowest BCUT2D eigenvalue weighted by Crippen LogP contribution is -2.50. The van der Waals surface area contributed by atoms with Crippen molar-refractivity contribution < 1.29 is 22.7 Å². The van der Waals surface area contributed by atoms with Crippen molar-refractivity contribution in [1.29, 1.82) is 0 Å². The van der Waals surface area contributed by atoms with Crippen LogP contribution in [0, 0.1) is 24.7 Å². The number of hydrogen-bond donors (Lipinski definition) is 0. The smallest absolute Gasteiger partial charge is 0.332 e. The van der Waals surface area contributed by atoms with Gasteiger partial charge in [-0.25, -0.2) is 4.31 Å². The first-order chi connectivity index (χ1) is 9.45. The summed E-state index contributed by atoms with van der Waals surface area (Å²) in [4.78, 5) is 11.7. The average molecular weight is 298 g/mol. The van der Waals surface area contributed by atoms with E-state index in [9.17, 15) is 13.2 Å². The molecule has 0 spiro atoms. The van der Waals surface area contributed by atoms with Crippen LogP contribution in [-0.4, -0.2) is 49.6 Å². The minimum absolute atomic E-state index is 0.0408. The van der Waals surface area contributed by atoms with Crippen LogP contribution in [0.25, 0.3) is 0 Å². The second-order valence-electron chi connectivity index (χ2n) is 3.69. The molecule has 0 N–H and O–H groups in total. The van der Waals surface area contributed by atoms with Crippen molar-refractivity contribution in [3.05, 3.63) is 11.8 Å². The molecule has 0 unspecified atom stereocenters. The van der Waals surface area contributed by atoms with E-state index in [-0.39, 0.29) is 25.6 Å². The van der Waals surface area contributed by atoms with Gasteiger partial charge in [-0.2, -0.15) is 12.7 Å². The summed E-state index contributed by atoms with van der Waals surface area (Å²) < 4.78 is 35.9. The molecule has 20 heavy (non-hydrogen) atoms. The molecule has 8 heteroatoms. The van der Waals surface area contributed by atoms with Gasteiger partial charge in [0.15, 0.2) is 0 Å². The molecule has 0 saturated heterocycles. The van der Waals surface area contributed by atoms with E-state index in [0.717, 1.165) is 4.31 Å². The summed E-state index contributed by atoms with van der Waals surface area (Å²) in [6.07, 6.45) is 11.2. The summed E-state index contributed by atoms with van der Waals surface area (Å²) in [5.41, 5.74) is 0.236. The van der Waals surface area contributed by atoms with E-state index in [4.69, 9.17) is 22.3 Å². The fourth-order valence-electron chi connectivity index (χ4n) is 1.41. The number of rotatable bonds is 6. The molecule has 1 heterocycles. The highest BCUT2D eigenvalue weighted by Crippen LogP contribution is 2.21. The fraction of sp³-hybridized carbons (Fsp3) is 0.417. The predicted molar refractivity (Wildman–Crippen MR) is 70.7 cm³/mol. The van der Waals surface area contributed by atoms with Gasteiger partial charge in [-0.3, -0.25) is 4.79 Å². The van der Waals surface area contributed by atoms with Crippen molar-refractivity contribution in [2.75, 3.05) is 26.7 Å². The zero-order chi connectivity index (χ0) is 15.2. The third-order valence-electron chi connectivity index (χ3n) is 2.32. The molecule has 0 aromatic carbocycles. The Balaban J connectivity index is 2.91. The van der Waals surface area contributed by atoms with Crippen LogP contribution in [0.5, 0.6) is 0 Å². The third kappa shape index (κ3) is 3.52. The van der Waals surface area contributed by atoms with Crippen molar-refractivity contribution in [3.8, 4) is 24.7 Å². The van der Waals surface area contributed by atoms with Crippen LogP contribution in [0.3, 0.4) is 0 Å². The molecule has 0 saturated carbocycles. The zero-order valence-corrected chi connectivity index (χ0v) is 11.7. The van der Waals surface area contributed by atoms with Crippen LogP contribution >= 0.6 is 0 Å². The van der Waals surface area contributed by atoms with Gasteiger partial charge in [0.05, 0.1) is 0 Å². The fourth-order valence-corrected chi connectivity index (χ4v) is 2.76. The first kappa shape index (κ1) is 16.1. The van der Waals surface area contributed by atoms with Gasteiger partial charge in [0.2, 0.25) is 0 Å². The van der Waals surface area contributed by atoms with E-state index in [1.165, 1.54) is 13.0 Å². The molecular formula is C12H14N2O5S. The predicted octanol–water partition coefficient (Wildman–Crippen LogP) is -0.506. The van der Waals surface area contributed by atoms with E-state index >= 15 is 0 Å². The highest BCUT2D eigenvalue weighted by atomic mass is 32.2. The molecule has 0 fully saturated rings. The molecule has 108 valence electrons. The molecule has 0 radical (unpaired) electrons. The molecule has 1 aliphatic heterocycles. The van der Waals surface area contributed by atoms with Crippen molar-refractivity contribution in [1.82, 2.24) is 8.61 Å². The molecule has 1 rings (SSSR count). The minimum Gasteiger partial charge on any atom is -0.347 e. The van der Waals surface area contributed by atoms with Crippen molar-refractivity contribution >= 4 is 16.1 Å². The summed E-state index contributed by atoms with van der Waals surface area (Å²) in [7, 11) is -4.06. The maximum Gasteiger partial charge on any atom is 0.332 e. The molecule has 7 nitrogen and oxygen atoms in total. The zero-order valence-electron chi connectivity index (χ0n) is 10.9. The van der Waals surface area contributed by atoms with Gasteiger partial charge in [0, 0.05) is 11.8 Å². The average Bonchev–Trinajstić information content (AvgIpc) is 2.37. The minimum atomic E-state index is -4.06. The number of carbonyl (C=O) groups excluding carboxylic acids is 1. The Hall–Kier alpha value is -2.00. The topological polar surface area (TPSA) is 76.2 Å². The second-order valence-corrected chi connectivity index (χ2v) is 5.47. The second kappa shape index (κ2) is 6.96.